The molecule has 0 saturated carbocycles. The van der Waals surface area contributed by atoms with Gasteiger partial charge in [0, 0.05) is 12.1 Å². The molecule has 1 aromatic carbocycles. The minimum Gasteiger partial charge on any atom is -0.493 e. The highest BCUT2D eigenvalue weighted by molar-refractivity contribution is 5.92. The van der Waals surface area contributed by atoms with E-state index in [1.807, 2.05) is 6.07 Å². The van der Waals surface area contributed by atoms with Gasteiger partial charge in [0.15, 0.2) is 0 Å². The predicted molar refractivity (Wildman–Crippen MR) is 65.8 cm³/mol. The largest absolute Gasteiger partial charge is 0.493 e. The van der Waals surface area contributed by atoms with Gasteiger partial charge >= 0.3 is 5.97 Å². The number of carboxylic acid groups (broad SMARTS) is 1. The summed E-state index contributed by atoms with van der Waals surface area (Å²) in [5.74, 6) is -0.198. The third kappa shape index (κ3) is 3.23. The van der Waals surface area contributed by atoms with Crippen LogP contribution in [0, 0.1) is 0 Å². The molecule has 0 aliphatic carbocycles. The monoisotopic (exact) mass is 249 g/mol. The SMILES string of the molecule is O=C(O)CCOc1ccc2c(c1)CCCC(=O)N2. The molecule has 5 heteroatoms. The fraction of sp³-hybridized carbons (Fsp3) is 0.385. The van der Waals surface area contributed by atoms with Gasteiger partial charge in [0.25, 0.3) is 0 Å². The number of fused-ring (bicyclic) bond motifs is 1. The number of ether oxygens (including phenoxy) is 1. The van der Waals surface area contributed by atoms with E-state index in [-0.39, 0.29) is 18.9 Å². The van der Waals surface area contributed by atoms with Crippen molar-refractivity contribution < 1.29 is 19.4 Å². The maximum atomic E-state index is 11.4. The molecule has 1 aromatic rings. The minimum absolute atomic E-state index is 0.0200. The zero-order valence-corrected chi connectivity index (χ0v) is 9.94. The Morgan fingerprint density at radius 3 is 3.00 bits per heavy atom. The summed E-state index contributed by atoms with van der Waals surface area (Å²) in [7, 11) is 0. The molecule has 1 aliphatic heterocycles. The molecule has 1 heterocycles. The third-order valence-corrected chi connectivity index (χ3v) is 2.79. The van der Waals surface area contributed by atoms with Crippen molar-refractivity contribution in [3.05, 3.63) is 23.8 Å². The molecular formula is C13H15NO4. The first kappa shape index (κ1) is 12.4. The highest BCUT2D eigenvalue weighted by Crippen LogP contribution is 2.26. The third-order valence-electron chi connectivity index (χ3n) is 2.79. The zero-order valence-electron chi connectivity index (χ0n) is 9.94. The Balaban J connectivity index is 2.04. The quantitative estimate of drug-likeness (QED) is 0.853. The molecule has 0 fully saturated rings. The van der Waals surface area contributed by atoms with Gasteiger partial charge < -0.3 is 15.2 Å². The second-order valence-corrected chi connectivity index (χ2v) is 4.21. The van der Waals surface area contributed by atoms with Gasteiger partial charge in [-0.3, -0.25) is 9.59 Å². The first-order chi connectivity index (χ1) is 8.65. The van der Waals surface area contributed by atoms with Gasteiger partial charge in [-0.1, -0.05) is 0 Å². The van der Waals surface area contributed by atoms with Crippen LogP contribution in [0.25, 0.3) is 0 Å². The number of aryl methyl sites for hydroxylation is 1. The van der Waals surface area contributed by atoms with Crippen LogP contribution in [0.3, 0.4) is 0 Å². The van der Waals surface area contributed by atoms with E-state index in [0.717, 1.165) is 24.1 Å². The summed E-state index contributed by atoms with van der Waals surface area (Å²) >= 11 is 0. The van der Waals surface area contributed by atoms with E-state index < -0.39 is 5.97 Å². The van der Waals surface area contributed by atoms with Gasteiger partial charge in [-0.05, 0) is 36.6 Å². The van der Waals surface area contributed by atoms with E-state index in [1.54, 1.807) is 12.1 Å². The van der Waals surface area contributed by atoms with Crippen LogP contribution >= 0.6 is 0 Å². The smallest absolute Gasteiger partial charge is 0.306 e. The van der Waals surface area contributed by atoms with E-state index in [1.165, 1.54) is 0 Å². The normalized spacial score (nSPS) is 14.3. The number of hydrogen-bond acceptors (Lipinski definition) is 3. The average molecular weight is 249 g/mol. The fourth-order valence-corrected chi connectivity index (χ4v) is 1.90. The van der Waals surface area contributed by atoms with Gasteiger partial charge in [0.1, 0.15) is 5.75 Å². The van der Waals surface area contributed by atoms with E-state index >= 15 is 0 Å². The number of nitrogens with one attached hydrogen (secondary N) is 1. The first-order valence-electron chi connectivity index (χ1n) is 5.92. The summed E-state index contributed by atoms with van der Waals surface area (Å²) in [6.45, 7) is 0.153. The van der Waals surface area contributed by atoms with Gasteiger partial charge in [-0.2, -0.15) is 0 Å². The van der Waals surface area contributed by atoms with Crippen LogP contribution in [0.15, 0.2) is 18.2 Å². The molecule has 96 valence electrons. The molecule has 0 atom stereocenters. The number of amides is 1. The average Bonchev–Trinajstić information content (AvgIpc) is 2.49. The molecule has 0 unspecified atom stereocenters. The summed E-state index contributed by atoms with van der Waals surface area (Å²) in [6.07, 6.45) is 2.15. The Morgan fingerprint density at radius 1 is 1.39 bits per heavy atom. The molecule has 0 aromatic heterocycles. The van der Waals surface area contributed by atoms with Crippen molar-refractivity contribution in [2.24, 2.45) is 0 Å². The molecule has 18 heavy (non-hydrogen) atoms. The zero-order chi connectivity index (χ0) is 13.0. The Morgan fingerprint density at radius 2 is 2.22 bits per heavy atom. The first-order valence-corrected chi connectivity index (χ1v) is 5.92. The fourth-order valence-electron chi connectivity index (χ4n) is 1.90. The second-order valence-electron chi connectivity index (χ2n) is 4.21. The Hall–Kier alpha value is -2.04. The van der Waals surface area contributed by atoms with Crippen molar-refractivity contribution in [3.8, 4) is 5.75 Å². The molecule has 0 saturated heterocycles. The molecule has 5 nitrogen and oxygen atoms in total. The van der Waals surface area contributed by atoms with Crippen LogP contribution in [-0.2, 0) is 16.0 Å². The van der Waals surface area contributed by atoms with Crippen LogP contribution < -0.4 is 10.1 Å². The number of aliphatic carboxylic acids is 1. The number of benzene rings is 1. The summed E-state index contributed by atoms with van der Waals surface area (Å²) in [5.41, 5.74) is 1.86. The number of carbonyl (C=O) groups is 2. The molecule has 0 bridgehead atoms. The lowest BCUT2D eigenvalue weighted by Gasteiger charge is -2.10. The van der Waals surface area contributed by atoms with Crippen LogP contribution in [0.1, 0.15) is 24.8 Å². The topological polar surface area (TPSA) is 75.6 Å². The molecule has 2 N–H and O–H groups in total. The highest BCUT2D eigenvalue weighted by atomic mass is 16.5. The summed E-state index contributed by atoms with van der Waals surface area (Å²) < 4.78 is 5.36. The Kier molecular flexibility index (Phi) is 3.82. The molecule has 0 radical (unpaired) electrons. The molecule has 0 spiro atoms. The maximum absolute atomic E-state index is 11.4. The number of hydrogen-bond donors (Lipinski definition) is 2. The number of rotatable bonds is 4. The van der Waals surface area contributed by atoms with Crippen LogP contribution in [0.5, 0.6) is 5.75 Å². The number of carboxylic acids is 1. The van der Waals surface area contributed by atoms with Crippen molar-refractivity contribution in [2.75, 3.05) is 11.9 Å². The summed E-state index contributed by atoms with van der Waals surface area (Å²) in [6, 6.07) is 5.41. The molecule has 1 amide bonds. The minimum atomic E-state index is -0.878. The molecular weight excluding hydrogens is 234 g/mol. The van der Waals surface area contributed by atoms with E-state index in [4.69, 9.17) is 9.84 Å². The van der Waals surface area contributed by atoms with Crippen molar-refractivity contribution in [3.63, 3.8) is 0 Å². The van der Waals surface area contributed by atoms with Crippen molar-refractivity contribution in [2.45, 2.75) is 25.7 Å². The van der Waals surface area contributed by atoms with Crippen LogP contribution in [0.4, 0.5) is 5.69 Å². The lowest BCUT2D eigenvalue weighted by molar-refractivity contribution is -0.137. The lowest BCUT2D eigenvalue weighted by Crippen LogP contribution is -2.09. The van der Waals surface area contributed by atoms with Crippen molar-refractivity contribution in [1.82, 2.24) is 0 Å². The second kappa shape index (κ2) is 5.53. The predicted octanol–water partition coefficient (Wildman–Crippen LogP) is 1.81. The van der Waals surface area contributed by atoms with Crippen molar-refractivity contribution in [1.29, 1.82) is 0 Å². The van der Waals surface area contributed by atoms with Crippen molar-refractivity contribution >= 4 is 17.6 Å². The molecule has 2 rings (SSSR count). The van der Waals surface area contributed by atoms with Crippen LogP contribution in [0.2, 0.25) is 0 Å². The summed E-state index contributed by atoms with van der Waals surface area (Å²) in [5, 5.41) is 11.4. The lowest BCUT2D eigenvalue weighted by atomic mass is 10.1. The standard InChI is InChI=1S/C13H15NO4/c15-12-3-1-2-9-8-10(4-5-11(9)14-12)18-7-6-13(16)17/h4-5,8H,1-3,6-7H2,(H,14,15)(H,16,17). The highest BCUT2D eigenvalue weighted by Gasteiger charge is 2.13. The Labute approximate surface area is 105 Å². The van der Waals surface area contributed by atoms with E-state index in [2.05, 4.69) is 5.32 Å². The number of carbonyl (C=O) groups excluding carboxylic acids is 1. The number of anilines is 1. The van der Waals surface area contributed by atoms with Crippen LogP contribution in [-0.4, -0.2) is 23.6 Å². The van der Waals surface area contributed by atoms with Gasteiger partial charge in [0.05, 0.1) is 13.0 Å². The van der Waals surface area contributed by atoms with E-state index in [9.17, 15) is 9.59 Å². The van der Waals surface area contributed by atoms with Gasteiger partial charge in [0.2, 0.25) is 5.91 Å². The molecule has 1 aliphatic rings. The maximum Gasteiger partial charge on any atom is 0.306 e. The van der Waals surface area contributed by atoms with Gasteiger partial charge in [-0.15, -0.1) is 0 Å². The van der Waals surface area contributed by atoms with Gasteiger partial charge in [-0.25, -0.2) is 0 Å². The van der Waals surface area contributed by atoms with E-state index in [0.29, 0.717) is 12.2 Å². The summed E-state index contributed by atoms with van der Waals surface area (Å²) in [4.78, 5) is 21.7. The Bertz CT molecular complexity index is 470.